The maximum atomic E-state index is 11.3. The molecule has 6 nitrogen and oxygen atoms in total. The van der Waals surface area contributed by atoms with Gasteiger partial charge in [-0.15, -0.1) is 0 Å². The average Bonchev–Trinajstić information content (AvgIpc) is 2.35. The molecule has 1 rings (SSSR count). The summed E-state index contributed by atoms with van der Waals surface area (Å²) in [4.78, 5) is 19.9. The normalized spacial score (nSPS) is 11.0. The van der Waals surface area contributed by atoms with Crippen molar-refractivity contribution >= 4 is 5.91 Å². The van der Waals surface area contributed by atoms with E-state index in [2.05, 4.69) is 20.2 Å². The number of carbonyl (C=O) groups is 1. The second-order valence-electron chi connectivity index (χ2n) is 4.53. The van der Waals surface area contributed by atoms with E-state index < -0.39 is 0 Å². The lowest BCUT2D eigenvalue weighted by molar-refractivity contribution is 0.0948. The van der Waals surface area contributed by atoms with Crippen molar-refractivity contribution in [1.82, 2.24) is 20.2 Å². The molecule has 0 bridgehead atoms. The molecular formula is C12H21N5O. The van der Waals surface area contributed by atoms with Gasteiger partial charge in [-0.1, -0.05) is 6.07 Å². The van der Waals surface area contributed by atoms with Crippen LogP contribution in [0.25, 0.3) is 0 Å². The van der Waals surface area contributed by atoms with Gasteiger partial charge >= 0.3 is 0 Å². The molecule has 1 heterocycles. The van der Waals surface area contributed by atoms with Crippen molar-refractivity contribution in [3.63, 3.8) is 0 Å². The van der Waals surface area contributed by atoms with Gasteiger partial charge in [-0.05, 0) is 33.3 Å². The number of aromatic nitrogens is 1. The fraction of sp³-hybridized carbons (Fsp3) is 0.500. The highest BCUT2D eigenvalue weighted by atomic mass is 16.2. The van der Waals surface area contributed by atoms with Crippen LogP contribution in [0.2, 0.25) is 0 Å². The van der Waals surface area contributed by atoms with E-state index in [1.54, 1.807) is 6.07 Å². The van der Waals surface area contributed by atoms with Crippen LogP contribution >= 0.6 is 0 Å². The summed E-state index contributed by atoms with van der Waals surface area (Å²) < 4.78 is 0. The molecular weight excluding hydrogens is 230 g/mol. The van der Waals surface area contributed by atoms with E-state index in [0.717, 1.165) is 18.8 Å². The number of hydrazine groups is 1. The monoisotopic (exact) mass is 251 g/mol. The van der Waals surface area contributed by atoms with Gasteiger partial charge in [0.25, 0.3) is 5.91 Å². The number of hydrogen-bond donors (Lipinski definition) is 2. The summed E-state index contributed by atoms with van der Waals surface area (Å²) in [5.41, 5.74) is 3.28. The number of nitrogens with zero attached hydrogens (tertiary/aromatic N) is 3. The number of amides is 1. The Labute approximate surface area is 108 Å². The Morgan fingerprint density at radius 2 is 2.06 bits per heavy atom. The molecule has 0 saturated heterocycles. The Kier molecular flexibility index (Phi) is 5.70. The van der Waals surface area contributed by atoms with Crippen LogP contribution in [0, 0.1) is 0 Å². The van der Waals surface area contributed by atoms with E-state index >= 15 is 0 Å². The lowest BCUT2D eigenvalue weighted by atomic mass is 10.3. The van der Waals surface area contributed by atoms with E-state index in [4.69, 9.17) is 5.84 Å². The summed E-state index contributed by atoms with van der Waals surface area (Å²) in [7, 11) is 6.11. The van der Waals surface area contributed by atoms with E-state index in [1.165, 1.54) is 0 Å². The molecule has 6 heteroatoms. The van der Waals surface area contributed by atoms with Crippen molar-refractivity contribution in [1.29, 1.82) is 0 Å². The summed E-state index contributed by atoms with van der Waals surface area (Å²) >= 11 is 0. The number of carbonyl (C=O) groups excluding carboxylic acids is 1. The molecule has 1 aromatic rings. The smallest absolute Gasteiger partial charge is 0.283 e. The van der Waals surface area contributed by atoms with Crippen LogP contribution in [0.1, 0.15) is 16.2 Å². The molecule has 0 radical (unpaired) electrons. The predicted octanol–water partition coefficient (Wildman–Crippen LogP) is -0.321. The van der Waals surface area contributed by atoms with Crippen molar-refractivity contribution in [2.24, 2.45) is 5.84 Å². The zero-order chi connectivity index (χ0) is 13.5. The van der Waals surface area contributed by atoms with E-state index in [1.807, 2.05) is 33.3 Å². The van der Waals surface area contributed by atoms with E-state index in [-0.39, 0.29) is 5.91 Å². The van der Waals surface area contributed by atoms with Crippen LogP contribution in [0.5, 0.6) is 0 Å². The maximum absolute atomic E-state index is 11.3. The zero-order valence-corrected chi connectivity index (χ0v) is 11.2. The number of likely N-dealkylation sites (N-methyl/N-ethyl adjacent to an activating group) is 2. The minimum atomic E-state index is -0.368. The molecule has 0 aromatic carbocycles. The molecule has 0 saturated carbocycles. The lowest BCUT2D eigenvalue weighted by Crippen LogP contribution is -2.31. The molecule has 100 valence electrons. The van der Waals surface area contributed by atoms with Crippen molar-refractivity contribution < 1.29 is 4.79 Å². The highest BCUT2D eigenvalue weighted by Crippen LogP contribution is 2.02. The third-order valence-corrected chi connectivity index (χ3v) is 2.53. The first-order chi connectivity index (χ1) is 8.52. The zero-order valence-electron chi connectivity index (χ0n) is 11.2. The van der Waals surface area contributed by atoms with Crippen molar-refractivity contribution in [2.75, 3.05) is 34.2 Å². The molecule has 1 aromatic heterocycles. The van der Waals surface area contributed by atoms with Gasteiger partial charge in [-0.3, -0.25) is 15.1 Å². The van der Waals surface area contributed by atoms with Gasteiger partial charge < -0.3 is 4.90 Å². The van der Waals surface area contributed by atoms with Crippen LogP contribution < -0.4 is 11.3 Å². The topological polar surface area (TPSA) is 74.5 Å². The molecule has 0 spiro atoms. The van der Waals surface area contributed by atoms with Crippen LogP contribution in [0.15, 0.2) is 18.2 Å². The number of nitrogen functional groups attached to an aromatic ring is 1. The highest BCUT2D eigenvalue weighted by molar-refractivity contribution is 5.91. The molecule has 0 atom stereocenters. The second-order valence-corrected chi connectivity index (χ2v) is 4.53. The summed E-state index contributed by atoms with van der Waals surface area (Å²) in [6.07, 6.45) is 0. The van der Waals surface area contributed by atoms with Crippen LogP contribution in [0.4, 0.5) is 0 Å². The van der Waals surface area contributed by atoms with E-state index in [9.17, 15) is 4.79 Å². The molecule has 0 aliphatic rings. The van der Waals surface area contributed by atoms with Gasteiger partial charge in [0.15, 0.2) is 0 Å². The van der Waals surface area contributed by atoms with Crippen molar-refractivity contribution in [2.45, 2.75) is 6.54 Å². The first-order valence-electron chi connectivity index (χ1n) is 5.83. The summed E-state index contributed by atoms with van der Waals surface area (Å²) in [6.45, 7) is 2.64. The molecule has 0 aliphatic carbocycles. The molecule has 0 unspecified atom stereocenters. The Bertz CT molecular complexity index is 394. The van der Waals surface area contributed by atoms with Crippen LogP contribution in [0.3, 0.4) is 0 Å². The lowest BCUT2D eigenvalue weighted by Gasteiger charge is -2.19. The fourth-order valence-electron chi connectivity index (χ4n) is 1.49. The molecule has 18 heavy (non-hydrogen) atoms. The first kappa shape index (κ1) is 14.6. The highest BCUT2D eigenvalue weighted by Gasteiger charge is 2.07. The standard InChI is InChI=1S/C12H21N5O/c1-16(2)7-8-17(3)9-10-5-4-6-11(14-10)12(18)15-13/h4-6H,7-9,13H2,1-3H3,(H,15,18). The Balaban J connectivity index is 2.59. The van der Waals surface area contributed by atoms with Crippen LogP contribution in [-0.2, 0) is 6.54 Å². The van der Waals surface area contributed by atoms with E-state index in [0.29, 0.717) is 12.2 Å². The molecule has 3 N–H and O–H groups in total. The van der Waals surface area contributed by atoms with Crippen molar-refractivity contribution in [3.8, 4) is 0 Å². The average molecular weight is 251 g/mol. The van der Waals surface area contributed by atoms with Gasteiger partial charge in [0, 0.05) is 19.6 Å². The third kappa shape index (κ3) is 4.79. The van der Waals surface area contributed by atoms with Gasteiger partial charge in [-0.25, -0.2) is 10.8 Å². The Hall–Kier alpha value is -1.50. The molecule has 1 amide bonds. The summed E-state index contributed by atoms with van der Waals surface area (Å²) in [6, 6.07) is 5.36. The third-order valence-electron chi connectivity index (χ3n) is 2.53. The minimum Gasteiger partial charge on any atom is -0.308 e. The largest absolute Gasteiger partial charge is 0.308 e. The van der Waals surface area contributed by atoms with Gasteiger partial charge in [0.2, 0.25) is 0 Å². The number of rotatable bonds is 6. The Morgan fingerprint density at radius 3 is 2.67 bits per heavy atom. The van der Waals surface area contributed by atoms with Gasteiger partial charge in [-0.2, -0.15) is 0 Å². The SMILES string of the molecule is CN(C)CCN(C)Cc1cccc(C(=O)NN)n1. The first-order valence-corrected chi connectivity index (χ1v) is 5.83. The Morgan fingerprint density at radius 1 is 1.33 bits per heavy atom. The fourth-order valence-corrected chi connectivity index (χ4v) is 1.49. The summed E-state index contributed by atoms with van der Waals surface area (Å²) in [5, 5.41) is 0. The minimum absolute atomic E-state index is 0.344. The molecule has 0 aliphatic heterocycles. The number of hydrogen-bond acceptors (Lipinski definition) is 5. The predicted molar refractivity (Wildman–Crippen MR) is 70.8 cm³/mol. The number of nitrogens with one attached hydrogen (secondary N) is 1. The number of nitrogens with two attached hydrogens (primary N) is 1. The maximum Gasteiger partial charge on any atom is 0.283 e. The second kappa shape index (κ2) is 7.05. The quantitative estimate of drug-likeness (QED) is 0.412. The van der Waals surface area contributed by atoms with Gasteiger partial charge in [0.05, 0.1) is 5.69 Å². The van der Waals surface area contributed by atoms with Crippen LogP contribution in [-0.4, -0.2) is 54.9 Å². The van der Waals surface area contributed by atoms with Gasteiger partial charge in [0.1, 0.15) is 5.69 Å². The molecule has 0 fully saturated rings. The van der Waals surface area contributed by atoms with Crippen molar-refractivity contribution in [3.05, 3.63) is 29.6 Å². The number of pyridine rings is 1. The summed E-state index contributed by atoms with van der Waals surface area (Å²) in [5.74, 6) is 4.71.